The van der Waals surface area contributed by atoms with Crippen molar-refractivity contribution in [2.45, 2.75) is 0 Å². The van der Waals surface area contributed by atoms with Gasteiger partial charge in [0.2, 0.25) is 0 Å². The fraction of sp³-hybridized carbons (Fsp3) is 0. The zero-order valence-electron chi connectivity index (χ0n) is 28.7. The Balaban J connectivity index is 1.64. The first-order valence-corrected chi connectivity index (χ1v) is 23.1. The van der Waals surface area contributed by atoms with Crippen LogP contribution in [0.4, 0.5) is 0 Å². The third-order valence-electron chi connectivity index (χ3n) is 9.42. The van der Waals surface area contributed by atoms with Gasteiger partial charge >= 0.3 is 15.2 Å². The van der Waals surface area contributed by atoms with Crippen LogP contribution in [0.1, 0.15) is 0 Å². The Morgan fingerprint density at radius 3 is 0.833 bits per heavy atom. The average molecular weight is 783 g/mol. The van der Waals surface area contributed by atoms with E-state index in [1.54, 1.807) is 36.4 Å². The molecule has 0 aromatic heterocycles. The summed E-state index contributed by atoms with van der Waals surface area (Å²) in [7, 11) is -12.5. The fourth-order valence-electron chi connectivity index (χ4n) is 7.21. The second kappa shape index (κ2) is 14.9. The van der Waals surface area contributed by atoms with E-state index in [1.165, 1.54) is 0 Å². The minimum Gasteiger partial charge on any atom is -0.321 e. The summed E-state index contributed by atoms with van der Waals surface area (Å²) in [5.74, 6) is 0. The van der Waals surface area contributed by atoms with Crippen molar-refractivity contribution in [3.63, 3.8) is 0 Å². The summed E-state index contributed by atoms with van der Waals surface area (Å²) in [6.07, 6.45) is 0. The predicted octanol–water partition coefficient (Wildman–Crippen LogP) is 6.78. The SMILES string of the molecule is O=P(O)(O)c1cc(P(c2ccccc2)c2ccccc2)c(-c2c(P(c3ccccc3)c3ccccc3)cc(P(=O)(O)O)c3ccccc23)c2ccccc12. The second-order valence-corrected chi connectivity index (χ2v) is 20.3. The Bertz CT molecular complexity index is 2450. The molecule has 0 heterocycles. The molecule has 8 aromatic rings. The molecule has 266 valence electrons. The Labute approximate surface area is 315 Å². The number of benzene rings is 8. The molecule has 10 heteroatoms. The van der Waals surface area contributed by atoms with Gasteiger partial charge in [-0.05, 0) is 92.5 Å². The highest BCUT2D eigenvalue weighted by molar-refractivity contribution is 7.81. The van der Waals surface area contributed by atoms with Crippen molar-refractivity contribution in [1.82, 2.24) is 0 Å². The van der Waals surface area contributed by atoms with Crippen LogP contribution >= 0.6 is 31.0 Å². The molecule has 8 rings (SSSR count). The summed E-state index contributed by atoms with van der Waals surface area (Å²) >= 11 is 0. The van der Waals surface area contributed by atoms with Crippen LogP contribution in [0.25, 0.3) is 32.7 Å². The van der Waals surface area contributed by atoms with Gasteiger partial charge in [-0.25, -0.2) is 0 Å². The Morgan fingerprint density at radius 2 is 0.574 bits per heavy atom. The second-order valence-electron chi connectivity index (χ2n) is 12.8. The van der Waals surface area contributed by atoms with Gasteiger partial charge in [-0.3, -0.25) is 9.13 Å². The lowest BCUT2D eigenvalue weighted by molar-refractivity contribution is 0.385. The van der Waals surface area contributed by atoms with Crippen LogP contribution in [0.15, 0.2) is 182 Å². The molecule has 0 amide bonds. The minimum atomic E-state index is -4.82. The minimum absolute atomic E-state index is 0.0673. The molecular formula is C44H34O6P4. The smallest absolute Gasteiger partial charge is 0.321 e. The zero-order chi connectivity index (χ0) is 37.5. The van der Waals surface area contributed by atoms with Crippen LogP contribution in [-0.4, -0.2) is 19.6 Å². The van der Waals surface area contributed by atoms with E-state index in [0.717, 1.165) is 43.0 Å². The van der Waals surface area contributed by atoms with Crippen molar-refractivity contribution < 1.29 is 28.7 Å². The lowest BCUT2D eigenvalue weighted by Gasteiger charge is -2.30. The van der Waals surface area contributed by atoms with Crippen molar-refractivity contribution in [3.8, 4) is 11.1 Å². The maximum Gasteiger partial charge on any atom is 0.356 e. The number of fused-ring (bicyclic) bond motifs is 2. The van der Waals surface area contributed by atoms with Crippen molar-refractivity contribution in [3.05, 3.63) is 182 Å². The molecule has 0 aliphatic rings. The lowest BCUT2D eigenvalue weighted by Crippen LogP contribution is -2.29. The van der Waals surface area contributed by atoms with Crippen molar-refractivity contribution in [2.75, 3.05) is 0 Å². The first-order chi connectivity index (χ1) is 26.1. The quantitative estimate of drug-likeness (QED) is 0.120. The van der Waals surface area contributed by atoms with Gasteiger partial charge in [0.05, 0.1) is 10.6 Å². The Hall–Kier alpha value is -4.56. The topological polar surface area (TPSA) is 115 Å². The van der Waals surface area contributed by atoms with E-state index in [2.05, 4.69) is 0 Å². The standard InChI is InChI=1S/C44H34O6P4/c45-53(46,47)41-29-39(51(31-17-5-1-6-18-31)32-19-7-2-8-20-32)43(37-27-15-13-25-35(37)41)44-38-28-16-14-26-36(38)42(54(48,49)50)30-40(44)52(33-21-9-3-10-22-33)34-23-11-4-12-24-34/h1-30H,(H2,45,46,47)(H2,48,49,50). The first kappa shape index (κ1) is 36.4. The summed E-state index contributed by atoms with van der Waals surface area (Å²) in [5, 5.41) is 7.36. The van der Waals surface area contributed by atoms with Gasteiger partial charge in [-0.15, -0.1) is 0 Å². The maximum atomic E-state index is 13.5. The van der Waals surface area contributed by atoms with Crippen LogP contribution in [0, 0.1) is 0 Å². The van der Waals surface area contributed by atoms with Crippen LogP contribution in [0.3, 0.4) is 0 Å². The van der Waals surface area contributed by atoms with Gasteiger partial charge in [0.25, 0.3) is 0 Å². The van der Waals surface area contributed by atoms with E-state index in [-0.39, 0.29) is 10.6 Å². The van der Waals surface area contributed by atoms with Crippen LogP contribution in [-0.2, 0) is 9.13 Å². The molecule has 0 spiro atoms. The lowest BCUT2D eigenvalue weighted by atomic mass is 9.93. The van der Waals surface area contributed by atoms with Crippen LogP contribution in [0.2, 0.25) is 0 Å². The van der Waals surface area contributed by atoms with Crippen LogP contribution < -0.4 is 42.4 Å². The summed E-state index contributed by atoms with van der Waals surface area (Å²) in [4.78, 5) is 43.9. The first-order valence-electron chi connectivity index (χ1n) is 17.2. The fourth-order valence-corrected chi connectivity index (χ4v) is 14.0. The van der Waals surface area contributed by atoms with E-state index in [9.17, 15) is 28.7 Å². The molecule has 0 saturated carbocycles. The molecular weight excluding hydrogens is 748 g/mol. The Morgan fingerprint density at radius 1 is 0.333 bits per heavy atom. The number of hydrogen-bond acceptors (Lipinski definition) is 2. The molecule has 0 unspecified atom stereocenters. The molecule has 0 atom stereocenters. The van der Waals surface area contributed by atoms with E-state index in [1.807, 2.05) is 146 Å². The highest BCUT2D eigenvalue weighted by Crippen LogP contribution is 2.49. The summed E-state index contributed by atoms with van der Waals surface area (Å²) in [5.41, 5.74) is 1.54. The molecule has 0 bridgehead atoms. The molecule has 0 aliphatic heterocycles. The average Bonchev–Trinajstić information content (AvgIpc) is 3.18. The van der Waals surface area contributed by atoms with Gasteiger partial charge in [0.1, 0.15) is 0 Å². The maximum absolute atomic E-state index is 13.5. The van der Waals surface area contributed by atoms with E-state index >= 15 is 0 Å². The van der Waals surface area contributed by atoms with Crippen molar-refractivity contribution >= 4 is 95.0 Å². The molecule has 4 N–H and O–H groups in total. The van der Waals surface area contributed by atoms with Gasteiger partial charge in [-0.1, -0.05) is 170 Å². The normalized spacial score (nSPS) is 12.2. The third kappa shape index (κ3) is 6.94. The van der Waals surface area contributed by atoms with E-state index in [0.29, 0.717) is 21.5 Å². The summed E-state index contributed by atoms with van der Waals surface area (Å²) < 4.78 is 26.9. The van der Waals surface area contributed by atoms with Gasteiger partial charge in [-0.2, -0.15) is 0 Å². The van der Waals surface area contributed by atoms with Gasteiger partial charge in [0.15, 0.2) is 0 Å². The molecule has 8 aromatic carbocycles. The van der Waals surface area contributed by atoms with E-state index in [4.69, 9.17) is 0 Å². The van der Waals surface area contributed by atoms with Crippen LogP contribution in [0.5, 0.6) is 0 Å². The van der Waals surface area contributed by atoms with Gasteiger partial charge < -0.3 is 19.6 Å². The van der Waals surface area contributed by atoms with Crippen molar-refractivity contribution in [2.24, 2.45) is 0 Å². The molecule has 0 saturated heterocycles. The highest BCUT2D eigenvalue weighted by atomic mass is 31.2. The summed E-state index contributed by atoms with van der Waals surface area (Å²) in [6, 6.07) is 57.9. The third-order valence-corrected chi connectivity index (χ3v) is 16.3. The van der Waals surface area contributed by atoms with Gasteiger partial charge in [0, 0.05) is 0 Å². The Kier molecular flexibility index (Phi) is 10.1. The zero-order valence-corrected chi connectivity index (χ0v) is 32.3. The monoisotopic (exact) mass is 782 g/mol. The molecule has 0 aliphatic carbocycles. The predicted molar refractivity (Wildman–Crippen MR) is 228 cm³/mol. The number of rotatable bonds is 9. The number of hydrogen-bond donors (Lipinski definition) is 4. The van der Waals surface area contributed by atoms with E-state index < -0.39 is 31.0 Å². The molecule has 54 heavy (non-hydrogen) atoms. The molecule has 0 fully saturated rings. The van der Waals surface area contributed by atoms with Crippen molar-refractivity contribution in [1.29, 1.82) is 0 Å². The molecule has 0 radical (unpaired) electrons. The summed E-state index contributed by atoms with van der Waals surface area (Å²) in [6.45, 7) is 0. The highest BCUT2D eigenvalue weighted by Gasteiger charge is 2.34. The largest absolute Gasteiger partial charge is 0.356 e. The molecule has 6 nitrogen and oxygen atoms in total.